The van der Waals surface area contributed by atoms with Gasteiger partial charge in [-0.15, -0.1) is 0 Å². The molecule has 7 nitrogen and oxygen atoms in total. The Morgan fingerprint density at radius 3 is 1.83 bits per heavy atom. The van der Waals surface area contributed by atoms with Gasteiger partial charge < -0.3 is 19.1 Å². The van der Waals surface area contributed by atoms with Crippen LogP contribution in [0.2, 0.25) is 0 Å². The molecule has 0 saturated carbocycles. The van der Waals surface area contributed by atoms with Crippen molar-refractivity contribution in [2.75, 3.05) is 12.4 Å². The molecule has 0 aromatic carbocycles. The first kappa shape index (κ1) is 22.9. The first-order chi connectivity index (χ1) is 10.4. The van der Waals surface area contributed by atoms with Crippen molar-refractivity contribution in [2.45, 2.75) is 38.1 Å². The molecule has 0 bridgehead atoms. The molecule has 144 valence electrons. The molecular formula is C10H13F6O7S-. The first-order valence-electron chi connectivity index (χ1n) is 6.01. The van der Waals surface area contributed by atoms with Crippen LogP contribution in [-0.2, 0) is 24.4 Å². The highest BCUT2D eigenvalue weighted by molar-refractivity contribution is 7.85. The van der Waals surface area contributed by atoms with Crippen LogP contribution >= 0.6 is 0 Å². The van der Waals surface area contributed by atoms with E-state index in [1.54, 1.807) is 0 Å². The molecule has 0 aliphatic rings. The second-order valence-corrected chi connectivity index (χ2v) is 6.35. The largest absolute Gasteiger partial charge is 0.748 e. The van der Waals surface area contributed by atoms with Gasteiger partial charge in [-0.05, 0) is 0 Å². The van der Waals surface area contributed by atoms with E-state index in [4.69, 9.17) is 5.11 Å². The molecule has 0 radical (unpaired) electrons. The molecular weight excluding hydrogens is 378 g/mol. The van der Waals surface area contributed by atoms with Crippen LogP contribution in [0, 0.1) is 5.92 Å². The first-order valence-corrected chi connectivity index (χ1v) is 7.59. The van der Waals surface area contributed by atoms with Crippen molar-refractivity contribution in [3.8, 4) is 0 Å². The lowest BCUT2D eigenvalue weighted by Gasteiger charge is -2.36. The fraction of sp³-hybridized carbons (Fsp3) is 0.900. The molecule has 1 N–H and O–H groups in total. The number of carbonyl (C=O) groups is 1. The molecule has 0 aliphatic heterocycles. The number of carbonyl (C=O) groups excluding carboxylic acids is 1. The number of ether oxygens (including phenoxy) is 2. The van der Waals surface area contributed by atoms with Crippen molar-refractivity contribution in [3.63, 3.8) is 0 Å². The number of esters is 1. The van der Waals surface area contributed by atoms with E-state index in [9.17, 15) is 44.1 Å². The van der Waals surface area contributed by atoms with Crippen LogP contribution in [0.5, 0.6) is 0 Å². The van der Waals surface area contributed by atoms with E-state index in [0.717, 1.165) is 0 Å². The van der Waals surface area contributed by atoms with Crippen LogP contribution in [0.15, 0.2) is 0 Å². The second-order valence-electron chi connectivity index (χ2n) is 4.94. The van der Waals surface area contributed by atoms with Gasteiger partial charge in [0.1, 0.15) is 6.61 Å². The van der Waals surface area contributed by atoms with Gasteiger partial charge in [0.05, 0.1) is 15.9 Å². The van der Waals surface area contributed by atoms with Crippen LogP contribution in [-0.4, -0.2) is 60.6 Å². The van der Waals surface area contributed by atoms with Gasteiger partial charge >= 0.3 is 23.9 Å². The fourth-order valence-electron chi connectivity index (χ4n) is 1.29. The van der Waals surface area contributed by atoms with Gasteiger partial charge in [0.2, 0.25) is 0 Å². The lowest BCUT2D eigenvalue weighted by atomic mass is 10.1. The molecule has 0 aromatic heterocycles. The minimum atomic E-state index is -6.45. The summed E-state index contributed by atoms with van der Waals surface area (Å²) in [6.07, 6.45) is -14.6. The van der Waals surface area contributed by atoms with Crippen LogP contribution in [0.1, 0.15) is 13.8 Å². The minimum absolute atomic E-state index is 0.658. The molecule has 0 unspecified atom stereocenters. The zero-order valence-corrected chi connectivity index (χ0v) is 13.0. The van der Waals surface area contributed by atoms with Crippen molar-refractivity contribution < 1.29 is 58.7 Å². The molecule has 0 aromatic rings. The van der Waals surface area contributed by atoms with Crippen molar-refractivity contribution in [1.29, 1.82) is 0 Å². The maximum absolute atomic E-state index is 12.8. The predicted molar refractivity (Wildman–Crippen MR) is 62.3 cm³/mol. The molecule has 1 atom stereocenters. The second kappa shape index (κ2) is 7.41. The van der Waals surface area contributed by atoms with Crippen LogP contribution in [0.4, 0.5) is 26.3 Å². The zero-order chi connectivity index (χ0) is 19.6. The number of rotatable bonds is 7. The lowest BCUT2D eigenvalue weighted by Crippen LogP contribution is -2.63. The van der Waals surface area contributed by atoms with Gasteiger partial charge in [-0.3, -0.25) is 0 Å². The standard InChI is InChI=1S/C10H14F6O7S/c1-5(2)7(18)22-3-6(17)23-8(9(11,12)13,10(14,15)16)4-24(19,20)21/h5,7,18H,3-4H2,1-2H3,(H,19,20,21)/p-1/t7-/m1/s1. The minimum Gasteiger partial charge on any atom is -0.748 e. The monoisotopic (exact) mass is 391 g/mol. The normalized spacial score (nSPS) is 15.5. The average Bonchev–Trinajstić information content (AvgIpc) is 2.30. The number of hydrogen-bond acceptors (Lipinski definition) is 7. The van der Waals surface area contributed by atoms with E-state index in [-0.39, 0.29) is 0 Å². The van der Waals surface area contributed by atoms with Gasteiger partial charge in [0.25, 0.3) is 0 Å². The summed E-state index contributed by atoms with van der Waals surface area (Å²) in [5.41, 5.74) is -5.55. The molecule has 0 aliphatic carbocycles. The van der Waals surface area contributed by atoms with Gasteiger partial charge in [0, 0.05) is 5.92 Å². The summed E-state index contributed by atoms with van der Waals surface area (Å²) in [5.74, 6) is -6.02. The quantitative estimate of drug-likeness (QED) is 0.297. The zero-order valence-electron chi connectivity index (χ0n) is 12.1. The maximum Gasteiger partial charge on any atom is 0.438 e. The van der Waals surface area contributed by atoms with E-state index in [1.165, 1.54) is 13.8 Å². The van der Waals surface area contributed by atoms with E-state index >= 15 is 0 Å². The summed E-state index contributed by atoms with van der Waals surface area (Å²) < 4.78 is 116. The third-order valence-electron chi connectivity index (χ3n) is 2.53. The number of halogens is 6. The Bertz CT molecular complexity index is 525. The predicted octanol–water partition coefficient (Wildman–Crippen LogP) is 0.929. The molecule has 0 amide bonds. The Hall–Kier alpha value is -1.12. The number of aliphatic hydroxyl groups excluding tert-OH is 1. The summed E-state index contributed by atoms with van der Waals surface area (Å²) in [5, 5.41) is 9.16. The summed E-state index contributed by atoms with van der Waals surface area (Å²) in [6.45, 7) is 1.18. The molecule has 0 fully saturated rings. The van der Waals surface area contributed by atoms with E-state index in [2.05, 4.69) is 9.47 Å². The Morgan fingerprint density at radius 1 is 1.12 bits per heavy atom. The Labute approximate surface area is 132 Å². The summed E-state index contributed by atoms with van der Waals surface area (Å²) in [4.78, 5) is 11.2. The Balaban J connectivity index is 5.61. The van der Waals surface area contributed by atoms with E-state index in [0.29, 0.717) is 0 Å². The van der Waals surface area contributed by atoms with Crippen molar-refractivity contribution in [1.82, 2.24) is 0 Å². The number of alkyl halides is 6. The highest BCUT2D eigenvalue weighted by Crippen LogP contribution is 2.46. The molecule has 0 spiro atoms. The van der Waals surface area contributed by atoms with Crippen molar-refractivity contribution >= 4 is 16.1 Å². The van der Waals surface area contributed by atoms with Crippen molar-refractivity contribution in [2.24, 2.45) is 5.92 Å². The molecule has 0 rings (SSSR count). The summed E-state index contributed by atoms with van der Waals surface area (Å²) in [7, 11) is -6.10. The highest BCUT2D eigenvalue weighted by Gasteiger charge is 2.75. The van der Waals surface area contributed by atoms with Crippen LogP contribution < -0.4 is 0 Å². The smallest absolute Gasteiger partial charge is 0.438 e. The van der Waals surface area contributed by atoms with Crippen LogP contribution in [0.25, 0.3) is 0 Å². The van der Waals surface area contributed by atoms with E-state index in [1.807, 2.05) is 0 Å². The third-order valence-corrected chi connectivity index (χ3v) is 3.29. The molecule has 24 heavy (non-hydrogen) atoms. The highest BCUT2D eigenvalue weighted by atomic mass is 32.2. The maximum atomic E-state index is 12.8. The molecule has 14 heteroatoms. The van der Waals surface area contributed by atoms with Crippen molar-refractivity contribution in [3.05, 3.63) is 0 Å². The van der Waals surface area contributed by atoms with Gasteiger partial charge in [-0.25, -0.2) is 13.2 Å². The Morgan fingerprint density at radius 2 is 1.54 bits per heavy atom. The van der Waals surface area contributed by atoms with E-state index < -0.39 is 58.6 Å². The molecule has 0 saturated heterocycles. The SMILES string of the molecule is CC(C)[C@H](O)OCC(=O)OC(CS(=O)(=O)[O-])(C(F)(F)F)C(F)(F)F. The van der Waals surface area contributed by atoms with Gasteiger partial charge in [0.15, 0.2) is 6.29 Å². The number of aliphatic hydroxyl groups is 1. The van der Waals surface area contributed by atoms with Gasteiger partial charge in [-0.1, -0.05) is 13.8 Å². The summed E-state index contributed by atoms with van der Waals surface area (Å²) in [6, 6.07) is 0. The average molecular weight is 391 g/mol. The Kier molecular flexibility index (Phi) is 7.06. The third kappa shape index (κ3) is 6.07. The number of hydrogen-bond donors (Lipinski definition) is 1. The fourth-order valence-corrected chi connectivity index (χ4v) is 2.17. The topological polar surface area (TPSA) is 113 Å². The summed E-state index contributed by atoms with van der Waals surface area (Å²) >= 11 is 0. The lowest BCUT2D eigenvalue weighted by molar-refractivity contribution is -0.362. The van der Waals surface area contributed by atoms with Crippen LogP contribution in [0.3, 0.4) is 0 Å². The van der Waals surface area contributed by atoms with Gasteiger partial charge in [-0.2, -0.15) is 26.3 Å². The molecule has 0 heterocycles.